The first-order valence-corrected chi connectivity index (χ1v) is 5.77. The first-order valence-electron chi connectivity index (χ1n) is 4.83. The maximum Gasteiger partial charge on any atom is 0.0741 e. The van der Waals surface area contributed by atoms with Crippen LogP contribution in [-0.2, 0) is 0 Å². The molecule has 1 fully saturated rings. The third-order valence-corrected chi connectivity index (χ3v) is 3.29. The minimum Gasteiger partial charge on any atom is -0.391 e. The second-order valence-corrected chi connectivity index (χ2v) is 4.39. The Morgan fingerprint density at radius 3 is 2.92 bits per heavy atom. The summed E-state index contributed by atoms with van der Waals surface area (Å²) in [6.45, 7) is 0. The zero-order valence-electron chi connectivity index (χ0n) is 7.57. The van der Waals surface area contributed by atoms with Crippen LogP contribution in [0.3, 0.4) is 0 Å². The van der Waals surface area contributed by atoms with E-state index >= 15 is 0 Å². The quantitative estimate of drug-likeness (QED) is 0.763. The van der Waals surface area contributed by atoms with E-state index in [2.05, 4.69) is 22.1 Å². The molecule has 2 N–H and O–H groups in total. The summed E-state index contributed by atoms with van der Waals surface area (Å²) in [7, 11) is 0. The highest BCUT2D eigenvalue weighted by Gasteiger charge is 2.22. The minimum atomic E-state index is -0.159. The largest absolute Gasteiger partial charge is 0.391 e. The molecule has 0 saturated heterocycles. The Labute approximate surface area is 82.6 Å². The molecule has 0 aromatic carbocycles. The number of hydrogen-bond acceptors (Lipinski definition) is 3. The Kier molecular flexibility index (Phi) is 2.86. The molecule has 1 aromatic heterocycles. The van der Waals surface area contributed by atoms with Crippen molar-refractivity contribution in [3.8, 4) is 0 Å². The number of anilines is 1. The Bertz CT molecular complexity index is 247. The first kappa shape index (κ1) is 9.03. The van der Waals surface area contributed by atoms with Crippen molar-refractivity contribution < 1.29 is 5.11 Å². The molecule has 2 nitrogen and oxygen atoms in total. The molecular weight excluding hydrogens is 182 g/mol. The van der Waals surface area contributed by atoms with E-state index in [9.17, 15) is 5.11 Å². The average Bonchev–Trinajstić information content (AvgIpc) is 2.61. The maximum atomic E-state index is 9.71. The number of hydrogen-bond donors (Lipinski definition) is 2. The van der Waals surface area contributed by atoms with Gasteiger partial charge in [0.2, 0.25) is 0 Å². The molecule has 72 valence electrons. The second-order valence-electron chi connectivity index (χ2n) is 3.61. The van der Waals surface area contributed by atoms with Gasteiger partial charge in [0.05, 0.1) is 12.1 Å². The van der Waals surface area contributed by atoms with Crippen molar-refractivity contribution in [3.05, 3.63) is 16.8 Å². The lowest BCUT2D eigenvalue weighted by molar-refractivity contribution is 0.116. The molecule has 2 atom stereocenters. The molecule has 1 aliphatic carbocycles. The number of rotatable bonds is 2. The van der Waals surface area contributed by atoms with Gasteiger partial charge in [-0.25, -0.2) is 0 Å². The number of thiophene rings is 1. The van der Waals surface area contributed by atoms with Gasteiger partial charge in [0.15, 0.2) is 0 Å². The molecule has 1 aromatic rings. The molecule has 0 aliphatic heterocycles. The second kappa shape index (κ2) is 4.11. The van der Waals surface area contributed by atoms with Crippen LogP contribution in [0.15, 0.2) is 16.8 Å². The van der Waals surface area contributed by atoms with Gasteiger partial charge in [0.25, 0.3) is 0 Å². The van der Waals surface area contributed by atoms with Crippen LogP contribution in [0.2, 0.25) is 0 Å². The van der Waals surface area contributed by atoms with Gasteiger partial charge in [-0.05, 0) is 24.3 Å². The molecule has 13 heavy (non-hydrogen) atoms. The van der Waals surface area contributed by atoms with E-state index in [4.69, 9.17) is 0 Å². The summed E-state index contributed by atoms with van der Waals surface area (Å²) >= 11 is 1.69. The van der Waals surface area contributed by atoms with Gasteiger partial charge in [0, 0.05) is 11.1 Å². The van der Waals surface area contributed by atoms with Crippen molar-refractivity contribution in [2.45, 2.75) is 37.8 Å². The topological polar surface area (TPSA) is 32.3 Å². The lowest BCUT2D eigenvalue weighted by atomic mass is 9.92. The van der Waals surface area contributed by atoms with Gasteiger partial charge < -0.3 is 10.4 Å². The lowest BCUT2D eigenvalue weighted by Crippen LogP contribution is -2.36. The van der Waals surface area contributed by atoms with Crippen LogP contribution in [0.25, 0.3) is 0 Å². The van der Waals surface area contributed by atoms with E-state index in [0.29, 0.717) is 0 Å². The van der Waals surface area contributed by atoms with Gasteiger partial charge in [-0.3, -0.25) is 0 Å². The van der Waals surface area contributed by atoms with Crippen LogP contribution in [0.1, 0.15) is 25.7 Å². The number of aliphatic hydroxyl groups excluding tert-OH is 1. The van der Waals surface area contributed by atoms with Crippen molar-refractivity contribution in [1.29, 1.82) is 0 Å². The molecule has 2 rings (SSSR count). The Morgan fingerprint density at radius 2 is 2.23 bits per heavy atom. The smallest absolute Gasteiger partial charge is 0.0741 e. The molecule has 0 radical (unpaired) electrons. The van der Waals surface area contributed by atoms with Gasteiger partial charge in [0.1, 0.15) is 0 Å². The van der Waals surface area contributed by atoms with E-state index in [0.717, 1.165) is 18.5 Å². The van der Waals surface area contributed by atoms with Crippen LogP contribution in [0.5, 0.6) is 0 Å². The van der Waals surface area contributed by atoms with Crippen LogP contribution in [-0.4, -0.2) is 17.3 Å². The van der Waals surface area contributed by atoms with E-state index < -0.39 is 0 Å². The van der Waals surface area contributed by atoms with Crippen molar-refractivity contribution in [2.24, 2.45) is 0 Å². The Balaban J connectivity index is 1.93. The van der Waals surface area contributed by atoms with Crippen molar-refractivity contribution >= 4 is 17.0 Å². The van der Waals surface area contributed by atoms with E-state index in [1.807, 2.05) is 0 Å². The van der Waals surface area contributed by atoms with Gasteiger partial charge in [-0.2, -0.15) is 11.3 Å². The number of aliphatic hydroxyl groups is 1. The summed E-state index contributed by atoms with van der Waals surface area (Å²) in [5.74, 6) is 0. The predicted molar refractivity (Wildman–Crippen MR) is 56.2 cm³/mol. The van der Waals surface area contributed by atoms with E-state index in [1.165, 1.54) is 12.8 Å². The fourth-order valence-corrected chi connectivity index (χ4v) is 2.44. The van der Waals surface area contributed by atoms with Crippen LogP contribution in [0, 0.1) is 0 Å². The Morgan fingerprint density at radius 1 is 1.38 bits per heavy atom. The molecule has 0 bridgehead atoms. The summed E-state index contributed by atoms with van der Waals surface area (Å²) in [5, 5.41) is 17.2. The SMILES string of the molecule is OC1CCCCC1Nc1ccsc1. The molecule has 0 spiro atoms. The van der Waals surface area contributed by atoms with E-state index in [1.54, 1.807) is 11.3 Å². The first-order chi connectivity index (χ1) is 6.36. The predicted octanol–water partition coefficient (Wildman–Crippen LogP) is 2.46. The highest BCUT2D eigenvalue weighted by atomic mass is 32.1. The van der Waals surface area contributed by atoms with Gasteiger partial charge in [-0.15, -0.1) is 0 Å². The summed E-state index contributed by atoms with van der Waals surface area (Å²) in [6.07, 6.45) is 4.29. The molecule has 1 aliphatic rings. The summed E-state index contributed by atoms with van der Waals surface area (Å²) in [6, 6.07) is 2.33. The Hall–Kier alpha value is -0.540. The van der Waals surface area contributed by atoms with E-state index in [-0.39, 0.29) is 12.1 Å². The molecule has 0 amide bonds. The molecular formula is C10H15NOS. The summed E-state index contributed by atoms with van der Waals surface area (Å²) in [4.78, 5) is 0. The fraction of sp³-hybridized carbons (Fsp3) is 0.600. The zero-order chi connectivity index (χ0) is 9.10. The van der Waals surface area contributed by atoms with Crippen molar-refractivity contribution in [2.75, 3.05) is 5.32 Å². The lowest BCUT2D eigenvalue weighted by Gasteiger charge is -2.28. The third kappa shape index (κ3) is 2.23. The van der Waals surface area contributed by atoms with Crippen LogP contribution < -0.4 is 5.32 Å². The normalized spacial score (nSPS) is 28.7. The highest BCUT2D eigenvalue weighted by Crippen LogP contribution is 2.23. The molecule has 1 saturated carbocycles. The molecule has 3 heteroatoms. The minimum absolute atomic E-state index is 0.159. The summed E-state index contributed by atoms with van der Waals surface area (Å²) < 4.78 is 0. The number of nitrogens with one attached hydrogen (secondary N) is 1. The van der Waals surface area contributed by atoms with Gasteiger partial charge >= 0.3 is 0 Å². The summed E-state index contributed by atoms with van der Waals surface area (Å²) in [5.41, 5.74) is 1.15. The average molecular weight is 197 g/mol. The van der Waals surface area contributed by atoms with Gasteiger partial charge in [-0.1, -0.05) is 12.8 Å². The van der Waals surface area contributed by atoms with Crippen molar-refractivity contribution in [3.63, 3.8) is 0 Å². The standard InChI is InChI=1S/C10H15NOS/c12-10-4-2-1-3-9(10)11-8-5-6-13-7-8/h5-7,9-12H,1-4H2. The molecule has 2 unspecified atom stereocenters. The van der Waals surface area contributed by atoms with Crippen LogP contribution in [0.4, 0.5) is 5.69 Å². The fourth-order valence-electron chi connectivity index (χ4n) is 1.84. The molecule has 1 heterocycles. The zero-order valence-corrected chi connectivity index (χ0v) is 8.39. The van der Waals surface area contributed by atoms with Crippen molar-refractivity contribution in [1.82, 2.24) is 0 Å². The third-order valence-electron chi connectivity index (χ3n) is 2.60. The van der Waals surface area contributed by atoms with Crippen LogP contribution >= 0.6 is 11.3 Å². The maximum absolute atomic E-state index is 9.71. The highest BCUT2D eigenvalue weighted by molar-refractivity contribution is 7.08. The monoisotopic (exact) mass is 197 g/mol.